The molecule has 0 aliphatic heterocycles. The Hall–Kier alpha value is -0.370. The molecule has 1 atom stereocenters. The van der Waals surface area contributed by atoms with Crippen molar-refractivity contribution in [3.05, 3.63) is 6.42 Å². The summed E-state index contributed by atoms with van der Waals surface area (Å²) in [5, 5.41) is 8.27. The first-order chi connectivity index (χ1) is 2.77. The van der Waals surface area contributed by atoms with Crippen LogP contribution in [0.4, 0.5) is 0 Å². The van der Waals surface area contributed by atoms with Crippen LogP contribution in [0.2, 0.25) is 0 Å². The van der Waals surface area contributed by atoms with E-state index in [1.54, 1.807) is 0 Å². The van der Waals surface area contributed by atoms with Gasteiger partial charge in [-0.25, -0.2) is 0 Å². The molecule has 0 aromatic carbocycles. The van der Waals surface area contributed by atoms with Crippen LogP contribution in [0.25, 0.3) is 0 Å². The second-order valence-corrected chi connectivity index (χ2v) is 1.07. The van der Waals surface area contributed by atoms with Crippen molar-refractivity contribution < 1.29 is 9.90 Å². The van der Waals surface area contributed by atoms with E-state index in [0.717, 1.165) is 0 Å². The third-order valence-corrected chi connectivity index (χ3v) is 0.357. The highest BCUT2D eigenvalue weighted by Gasteiger charge is 1.88. The molecule has 0 fully saturated rings. The Morgan fingerprint density at radius 1 is 1.83 bits per heavy atom. The molecule has 0 spiro atoms. The smallest absolute Gasteiger partial charge is 0.126 e. The standard InChI is InChI=1S/C4H7O2/c1-4(6)2-3-5/h2-4,6H,1H3. The molecule has 0 aromatic heterocycles. The summed E-state index contributed by atoms with van der Waals surface area (Å²) in [7, 11) is 0. The summed E-state index contributed by atoms with van der Waals surface area (Å²) >= 11 is 0. The molecule has 1 radical (unpaired) electrons. The quantitative estimate of drug-likeness (QED) is 0.472. The zero-order chi connectivity index (χ0) is 4.99. The number of hydrogen-bond acceptors (Lipinski definition) is 2. The summed E-state index contributed by atoms with van der Waals surface area (Å²) in [6.45, 7) is 1.52. The van der Waals surface area contributed by atoms with Gasteiger partial charge in [0.15, 0.2) is 0 Å². The Labute approximate surface area is 36.8 Å². The Morgan fingerprint density at radius 3 is 2.33 bits per heavy atom. The van der Waals surface area contributed by atoms with E-state index < -0.39 is 6.10 Å². The number of carbonyl (C=O) groups excluding carboxylic acids is 1. The van der Waals surface area contributed by atoms with Crippen molar-refractivity contribution >= 4 is 6.29 Å². The lowest BCUT2D eigenvalue weighted by molar-refractivity contribution is -0.106. The lowest BCUT2D eigenvalue weighted by atomic mass is 10.3. The van der Waals surface area contributed by atoms with Gasteiger partial charge in [-0.05, 0) is 6.92 Å². The Bertz CT molecular complexity index is 40.8. The molecular weight excluding hydrogens is 80.0 g/mol. The van der Waals surface area contributed by atoms with E-state index in [-0.39, 0.29) is 0 Å². The highest BCUT2D eigenvalue weighted by Crippen LogP contribution is 1.78. The normalized spacial score (nSPS) is 13.7. The number of aliphatic hydroxyl groups is 1. The number of rotatable bonds is 2. The van der Waals surface area contributed by atoms with Crippen LogP contribution >= 0.6 is 0 Å². The van der Waals surface area contributed by atoms with Crippen LogP contribution < -0.4 is 0 Å². The fraction of sp³-hybridized carbons (Fsp3) is 0.500. The van der Waals surface area contributed by atoms with Crippen LogP contribution in [0.5, 0.6) is 0 Å². The van der Waals surface area contributed by atoms with Crippen molar-refractivity contribution in [2.45, 2.75) is 13.0 Å². The van der Waals surface area contributed by atoms with Gasteiger partial charge in [0.1, 0.15) is 6.29 Å². The van der Waals surface area contributed by atoms with Crippen molar-refractivity contribution in [2.24, 2.45) is 0 Å². The van der Waals surface area contributed by atoms with Gasteiger partial charge < -0.3 is 9.90 Å². The van der Waals surface area contributed by atoms with Crippen molar-refractivity contribution in [1.29, 1.82) is 0 Å². The predicted octanol–water partition coefficient (Wildman–Crippen LogP) is -0.230. The predicted molar refractivity (Wildman–Crippen MR) is 22.0 cm³/mol. The summed E-state index contributed by atoms with van der Waals surface area (Å²) in [6, 6.07) is 0. The minimum atomic E-state index is -0.595. The first kappa shape index (κ1) is 5.63. The first-order valence-corrected chi connectivity index (χ1v) is 1.74. The van der Waals surface area contributed by atoms with Gasteiger partial charge >= 0.3 is 0 Å². The maximum atomic E-state index is 9.40. The van der Waals surface area contributed by atoms with Gasteiger partial charge in [0, 0.05) is 0 Å². The third-order valence-electron chi connectivity index (χ3n) is 0.357. The van der Waals surface area contributed by atoms with Crippen molar-refractivity contribution in [2.75, 3.05) is 0 Å². The Balaban J connectivity index is 2.81. The summed E-state index contributed by atoms with van der Waals surface area (Å²) in [4.78, 5) is 9.40. The number of aliphatic hydroxyl groups excluding tert-OH is 1. The van der Waals surface area contributed by atoms with E-state index in [0.29, 0.717) is 6.29 Å². The van der Waals surface area contributed by atoms with Crippen LogP contribution in [-0.2, 0) is 4.79 Å². The lowest BCUT2D eigenvalue weighted by Crippen LogP contribution is -1.99. The molecule has 6 heavy (non-hydrogen) atoms. The minimum absolute atomic E-state index is 0.574. The minimum Gasteiger partial charge on any atom is -0.393 e. The van der Waals surface area contributed by atoms with Gasteiger partial charge in [0.2, 0.25) is 0 Å². The van der Waals surface area contributed by atoms with Gasteiger partial charge in [-0.15, -0.1) is 0 Å². The van der Waals surface area contributed by atoms with E-state index in [9.17, 15) is 4.79 Å². The second kappa shape index (κ2) is 2.85. The van der Waals surface area contributed by atoms with Crippen molar-refractivity contribution in [3.8, 4) is 0 Å². The number of aldehydes is 1. The van der Waals surface area contributed by atoms with Gasteiger partial charge in [-0.3, -0.25) is 0 Å². The highest BCUT2D eigenvalue weighted by atomic mass is 16.3. The molecular formula is C4H7O2. The second-order valence-electron chi connectivity index (χ2n) is 1.07. The molecule has 0 bridgehead atoms. The van der Waals surface area contributed by atoms with Crippen molar-refractivity contribution in [1.82, 2.24) is 0 Å². The largest absolute Gasteiger partial charge is 0.393 e. The van der Waals surface area contributed by atoms with Crippen molar-refractivity contribution in [3.63, 3.8) is 0 Å². The SMILES string of the molecule is CC(O)[CH]C=O. The van der Waals surface area contributed by atoms with Crippen LogP contribution in [-0.4, -0.2) is 17.5 Å². The van der Waals surface area contributed by atoms with Crippen LogP contribution in [0, 0.1) is 6.42 Å². The number of hydrogen-bond donors (Lipinski definition) is 1. The van der Waals surface area contributed by atoms with E-state index in [1.165, 1.54) is 13.3 Å². The van der Waals surface area contributed by atoms with Gasteiger partial charge in [0.05, 0.1) is 12.5 Å². The molecule has 1 unspecified atom stereocenters. The molecule has 0 saturated carbocycles. The summed E-state index contributed by atoms with van der Waals surface area (Å²) in [6.07, 6.45) is 1.15. The van der Waals surface area contributed by atoms with Gasteiger partial charge in [-0.1, -0.05) is 0 Å². The van der Waals surface area contributed by atoms with Crippen LogP contribution in [0.15, 0.2) is 0 Å². The summed E-state index contributed by atoms with van der Waals surface area (Å²) in [5.74, 6) is 0. The molecule has 2 nitrogen and oxygen atoms in total. The Morgan fingerprint density at radius 2 is 2.33 bits per heavy atom. The highest BCUT2D eigenvalue weighted by molar-refractivity contribution is 5.61. The molecule has 0 aliphatic carbocycles. The maximum Gasteiger partial charge on any atom is 0.126 e. The van der Waals surface area contributed by atoms with Gasteiger partial charge in [-0.2, -0.15) is 0 Å². The molecule has 2 heteroatoms. The van der Waals surface area contributed by atoms with E-state index in [1.807, 2.05) is 0 Å². The molecule has 35 valence electrons. The van der Waals surface area contributed by atoms with Gasteiger partial charge in [0.25, 0.3) is 0 Å². The van der Waals surface area contributed by atoms with E-state index in [4.69, 9.17) is 5.11 Å². The zero-order valence-electron chi connectivity index (χ0n) is 3.59. The fourth-order valence-corrected chi connectivity index (χ4v) is 0.114. The van der Waals surface area contributed by atoms with Crippen LogP contribution in [0.3, 0.4) is 0 Å². The third kappa shape index (κ3) is 3.63. The molecule has 0 saturated heterocycles. The molecule has 0 rings (SSSR count). The van der Waals surface area contributed by atoms with E-state index in [2.05, 4.69) is 0 Å². The topological polar surface area (TPSA) is 37.3 Å². The average Bonchev–Trinajstić information content (AvgIpc) is 1.35. The number of carbonyl (C=O) groups is 1. The monoisotopic (exact) mass is 87.0 g/mol. The average molecular weight is 87.1 g/mol. The molecule has 0 amide bonds. The molecule has 0 aromatic rings. The fourth-order valence-electron chi connectivity index (χ4n) is 0.114. The summed E-state index contributed by atoms with van der Waals surface area (Å²) < 4.78 is 0. The van der Waals surface area contributed by atoms with E-state index >= 15 is 0 Å². The molecule has 1 N–H and O–H groups in total. The molecule has 0 heterocycles. The first-order valence-electron chi connectivity index (χ1n) is 1.74. The Kier molecular flexibility index (Phi) is 2.67. The maximum absolute atomic E-state index is 9.40. The summed E-state index contributed by atoms with van der Waals surface area (Å²) in [5.41, 5.74) is 0. The lowest BCUT2D eigenvalue weighted by Gasteiger charge is -1.89. The van der Waals surface area contributed by atoms with Crippen LogP contribution in [0.1, 0.15) is 6.92 Å². The molecule has 0 aliphatic rings. The zero-order valence-corrected chi connectivity index (χ0v) is 3.59.